The van der Waals surface area contributed by atoms with Crippen molar-refractivity contribution >= 4 is 0 Å². The van der Waals surface area contributed by atoms with Crippen LogP contribution in [0.3, 0.4) is 0 Å². The van der Waals surface area contributed by atoms with Crippen LogP contribution in [0.4, 0.5) is 0 Å². The van der Waals surface area contributed by atoms with Crippen LogP contribution in [0.5, 0.6) is 0 Å². The molecule has 0 bridgehead atoms. The van der Waals surface area contributed by atoms with Crippen molar-refractivity contribution in [1.82, 2.24) is 9.97 Å². The highest BCUT2D eigenvalue weighted by molar-refractivity contribution is 5.69. The van der Waals surface area contributed by atoms with E-state index in [4.69, 9.17) is 0 Å². The van der Waals surface area contributed by atoms with Crippen molar-refractivity contribution in [3.8, 4) is 22.4 Å². The molecule has 21 heavy (non-hydrogen) atoms. The molecule has 0 fully saturated rings. The fourth-order valence-corrected chi connectivity index (χ4v) is 2.30. The van der Waals surface area contributed by atoms with Crippen molar-refractivity contribution < 1.29 is 0 Å². The number of nitrogens with one attached hydrogen (secondary N) is 1. The van der Waals surface area contributed by atoms with Gasteiger partial charge in [0, 0.05) is 23.5 Å². The molecule has 0 radical (unpaired) electrons. The number of nitrogens with zero attached hydrogens (tertiary/aromatic N) is 1. The van der Waals surface area contributed by atoms with E-state index in [1.54, 1.807) is 12.4 Å². The summed E-state index contributed by atoms with van der Waals surface area (Å²) in [5, 5.41) is 0. The first-order valence-corrected chi connectivity index (χ1v) is 7.01. The van der Waals surface area contributed by atoms with Crippen molar-refractivity contribution in [3.63, 3.8) is 0 Å². The van der Waals surface area contributed by atoms with Gasteiger partial charge < -0.3 is 4.98 Å². The van der Waals surface area contributed by atoms with E-state index in [1.807, 2.05) is 36.4 Å². The van der Waals surface area contributed by atoms with Crippen LogP contribution in [0.25, 0.3) is 22.4 Å². The van der Waals surface area contributed by atoms with Gasteiger partial charge in [-0.15, -0.1) is 0 Å². The van der Waals surface area contributed by atoms with Gasteiger partial charge in [-0.3, -0.25) is 9.78 Å². The van der Waals surface area contributed by atoms with Gasteiger partial charge in [0.2, 0.25) is 0 Å². The predicted molar refractivity (Wildman–Crippen MR) is 85.1 cm³/mol. The molecule has 0 saturated carbocycles. The topological polar surface area (TPSA) is 45.8 Å². The first kappa shape index (κ1) is 13.3. The maximum Gasteiger partial charge on any atom is 0.255 e. The molecule has 104 valence electrons. The third-order valence-corrected chi connectivity index (χ3v) is 3.54. The lowest BCUT2D eigenvalue weighted by atomic mass is 10.0. The van der Waals surface area contributed by atoms with Gasteiger partial charge in [-0.1, -0.05) is 37.3 Å². The maximum atomic E-state index is 12.1. The second kappa shape index (κ2) is 5.75. The van der Waals surface area contributed by atoms with Crippen LogP contribution in [0.15, 0.2) is 65.7 Å². The summed E-state index contributed by atoms with van der Waals surface area (Å²) in [6.45, 7) is 2.11. The molecule has 0 aliphatic heterocycles. The van der Waals surface area contributed by atoms with Crippen LogP contribution in [0.1, 0.15) is 12.5 Å². The summed E-state index contributed by atoms with van der Waals surface area (Å²) >= 11 is 0. The summed E-state index contributed by atoms with van der Waals surface area (Å²) in [5.74, 6) is 0. The Bertz CT molecular complexity index is 789. The molecule has 0 atom stereocenters. The van der Waals surface area contributed by atoms with E-state index < -0.39 is 0 Å². The lowest BCUT2D eigenvalue weighted by molar-refractivity contribution is 1.14. The summed E-state index contributed by atoms with van der Waals surface area (Å²) in [4.78, 5) is 19.2. The van der Waals surface area contributed by atoms with Crippen molar-refractivity contribution in [1.29, 1.82) is 0 Å². The Hall–Kier alpha value is -2.68. The molecule has 2 heterocycles. The zero-order chi connectivity index (χ0) is 14.7. The lowest BCUT2D eigenvalue weighted by Gasteiger charge is -2.05. The molecule has 0 amide bonds. The van der Waals surface area contributed by atoms with Gasteiger partial charge >= 0.3 is 0 Å². The van der Waals surface area contributed by atoms with Crippen LogP contribution in [0.2, 0.25) is 0 Å². The number of benzene rings is 1. The average Bonchev–Trinajstić information content (AvgIpc) is 2.56. The molecule has 3 rings (SSSR count). The van der Waals surface area contributed by atoms with Gasteiger partial charge in [0.05, 0.1) is 5.69 Å². The smallest absolute Gasteiger partial charge is 0.255 e. The molecule has 0 aliphatic carbocycles. The number of hydrogen-bond donors (Lipinski definition) is 1. The highest BCUT2D eigenvalue weighted by atomic mass is 16.1. The first-order chi connectivity index (χ1) is 10.3. The largest absolute Gasteiger partial charge is 0.328 e. The third kappa shape index (κ3) is 2.77. The maximum absolute atomic E-state index is 12.1. The number of aromatic amines is 1. The van der Waals surface area contributed by atoms with Crippen LogP contribution < -0.4 is 5.56 Å². The van der Waals surface area contributed by atoms with E-state index in [2.05, 4.69) is 29.0 Å². The molecule has 0 spiro atoms. The molecule has 0 unspecified atom stereocenters. The Morgan fingerprint density at radius 1 is 1.05 bits per heavy atom. The zero-order valence-electron chi connectivity index (χ0n) is 11.8. The second-order valence-corrected chi connectivity index (χ2v) is 4.90. The molecular formula is C18H16N2O. The van der Waals surface area contributed by atoms with Crippen molar-refractivity contribution in [2.24, 2.45) is 0 Å². The van der Waals surface area contributed by atoms with Gasteiger partial charge in [0.1, 0.15) is 0 Å². The van der Waals surface area contributed by atoms with Gasteiger partial charge in [-0.25, -0.2) is 0 Å². The van der Waals surface area contributed by atoms with E-state index in [-0.39, 0.29) is 5.56 Å². The average molecular weight is 276 g/mol. The molecule has 3 heteroatoms. The van der Waals surface area contributed by atoms with Crippen LogP contribution in [-0.2, 0) is 6.42 Å². The predicted octanol–water partition coefficient (Wildman–Crippen LogP) is 3.67. The fourth-order valence-electron chi connectivity index (χ4n) is 2.30. The number of pyridine rings is 2. The summed E-state index contributed by atoms with van der Waals surface area (Å²) in [5.41, 5.74) is 4.52. The van der Waals surface area contributed by atoms with E-state index in [9.17, 15) is 4.79 Å². The Balaban J connectivity index is 2.07. The third-order valence-electron chi connectivity index (χ3n) is 3.54. The molecule has 1 aromatic carbocycles. The number of rotatable bonds is 3. The van der Waals surface area contributed by atoms with Crippen molar-refractivity contribution in [2.75, 3.05) is 0 Å². The lowest BCUT2D eigenvalue weighted by Crippen LogP contribution is -2.08. The van der Waals surface area contributed by atoms with E-state index in [0.29, 0.717) is 5.56 Å². The Morgan fingerprint density at radius 3 is 2.52 bits per heavy atom. The minimum atomic E-state index is -0.0843. The van der Waals surface area contributed by atoms with E-state index >= 15 is 0 Å². The summed E-state index contributed by atoms with van der Waals surface area (Å²) in [7, 11) is 0. The highest BCUT2D eigenvalue weighted by Gasteiger charge is 2.06. The normalized spacial score (nSPS) is 10.5. The summed E-state index contributed by atoms with van der Waals surface area (Å²) in [6, 6.07) is 15.7. The van der Waals surface area contributed by atoms with Gasteiger partial charge in [-0.05, 0) is 35.7 Å². The Labute approximate surface area is 123 Å². The number of aryl methyl sites for hydroxylation is 1. The minimum Gasteiger partial charge on any atom is -0.328 e. The molecule has 1 N–H and O–H groups in total. The molecule has 2 aromatic heterocycles. The van der Waals surface area contributed by atoms with Crippen molar-refractivity contribution in [3.05, 3.63) is 76.8 Å². The number of hydrogen-bond acceptors (Lipinski definition) is 2. The number of H-pyrrole nitrogens is 1. The molecule has 0 aliphatic rings. The van der Waals surface area contributed by atoms with Crippen LogP contribution in [-0.4, -0.2) is 9.97 Å². The Morgan fingerprint density at radius 2 is 1.86 bits per heavy atom. The van der Waals surface area contributed by atoms with Gasteiger partial charge in [0.25, 0.3) is 5.56 Å². The standard InChI is InChI=1S/C18H16N2O/c1-2-13-6-8-14(9-7-13)16-11-15(12-20-18(16)21)17-5-3-4-10-19-17/h3-12H,2H2,1H3,(H,20,21). The monoisotopic (exact) mass is 276 g/mol. The van der Waals surface area contributed by atoms with Crippen molar-refractivity contribution in [2.45, 2.75) is 13.3 Å². The SMILES string of the molecule is CCc1ccc(-c2cc(-c3ccccn3)c[nH]c2=O)cc1. The zero-order valence-corrected chi connectivity index (χ0v) is 11.8. The molecule has 3 nitrogen and oxygen atoms in total. The number of aromatic nitrogens is 2. The Kier molecular flexibility index (Phi) is 3.65. The molecule has 3 aromatic rings. The summed E-state index contributed by atoms with van der Waals surface area (Å²) < 4.78 is 0. The molecular weight excluding hydrogens is 260 g/mol. The van der Waals surface area contributed by atoms with E-state index in [0.717, 1.165) is 23.2 Å². The van der Waals surface area contributed by atoms with Crippen LogP contribution in [0, 0.1) is 0 Å². The first-order valence-electron chi connectivity index (χ1n) is 7.01. The van der Waals surface area contributed by atoms with Gasteiger partial charge in [0.15, 0.2) is 0 Å². The summed E-state index contributed by atoms with van der Waals surface area (Å²) in [6.07, 6.45) is 4.44. The minimum absolute atomic E-state index is 0.0843. The highest BCUT2D eigenvalue weighted by Crippen LogP contribution is 2.21. The quantitative estimate of drug-likeness (QED) is 0.793. The van der Waals surface area contributed by atoms with E-state index in [1.165, 1.54) is 5.56 Å². The van der Waals surface area contributed by atoms with Gasteiger partial charge in [-0.2, -0.15) is 0 Å². The second-order valence-electron chi connectivity index (χ2n) is 4.90. The van der Waals surface area contributed by atoms with Crippen LogP contribution >= 0.6 is 0 Å². The fraction of sp³-hybridized carbons (Fsp3) is 0.111. The molecule has 0 saturated heterocycles.